The minimum atomic E-state index is -3.97. The highest BCUT2D eigenvalue weighted by molar-refractivity contribution is 7.92. The first kappa shape index (κ1) is 26.4. The third kappa shape index (κ3) is 4.96. The zero-order chi connectivity index (χ0) is 27.9. The van der Waals surface area contributed by atoms with E-state index < -0.39 is 16.1 Å². The molecule has 12 heteroatoms. The van der Waals surface area contributed by atoms with Crippen molar-refractivity contribution in [1.29, 1.82) is 0 Å². The van der Waals surface area contributed by atoms with Crippen LogP contribution < -0.4 is 10.0 Å². The lowest BCUT2D eigenvalue weighted by molar-refractivity contribution is 0.116. The number of halogens is 1. The quantitative estimate of drug-likeness (QED) is 0.244. The van der Waals surface area contributed by atoms with Crippen molar-refractivity contribution < 1.29 is 13.5 Å². The van der Waals surface area contributed by atoms with Crippen molar-refractivity contribution in [3.05, 3.63) is 71.6 Å². The average Bonchev–Trinajstić information content (AvgIpc) is 3.39. The molecular weight excluding hydrogens is 550 g/mol. The summed E-state index contributed by atoms with van der Waals surface area (Å²) >= 11 is 6.14. The number of anilines is 2. The van der Waals surface area contributed by atoms with Crippen LogP contribution in [0.15, 0.2) is 66.0 Å². The van der Waals surface area contributed by atoms with Gasteiger partial charge in [-0.15, -0.1) is 0 Å². The number of nitrogens with zero attached hydrogens (tertiary/aromatic N) is 5. The van der Waals surface area contributed by atoms with Crippen molar-refractivity contribution >= 4 is 49.8 Å². The number of fused-ring (bicyclic) bond motifs is 2. The number of aliphatic hydroxyl groups is 1. The third-order valence-corrected chi connectivity index (χ3v) is 9.13. The van der Waals surface area contributed by atoms with E-state index >= 15 is 0 Å². The molecule has 1 aliphatic carbocycles. The monoisotopic (exact) mass is 577 g/mol. The molecule has 0 spiro atoms. The van der Waals surface area contributed by atoms with Gasteiger partial charge < -0.3 is 10.4 Å². The summed E-state index contributed by atoms with van der Waals surface area (Å²) in [4.78, 5) is 13.5. The van der Waals surface area contributed by atoms with Crippen LogP contribution in [0.1, 0.15) is 38.2 Å². The summed E-state index contributed by atoms with van der Waals surface area (Å²) in [6.45, 7) is 2.07. The van der Waals surface area contributed by atoms with Gasteiger partial charge in [0, 0.05) is 17.1 Å². The molecule has 3 heterocycles. The predicted octanol–water partition coefficient (Wildman–Crippen LogP) is 5.07. The number of aryl methyl sites for hydroxylation is 1. The molecule has 1 saturated carbocycles. The van der Waals surface area contributed by atoms with Crippen molar-refractivity contribution in [2.24, 2.45) is 0 Å². The molecule has 5 aromatic rings. The first-order chi connectivity index (χ1) is 19.3. The van der Waals surface area contributed by atoms with Crippen molar-refractivity contribution in [3.8, 4) is 11.3 Å². The smallest absolute Gasteiger partial charge is 0.264 e. The fourth-order valence-electron chi connectivity index (χ4n) is 5.23. The van der Waals surface area contributed by atoms with Gasteiger partial charge in [0.15, 0.2) is 5.82 Å². The highest BCUT2D eigenvalue weighted by atomic mass is 35.5. The molecule has 3 aromatic heterocycles. The van der Waals surface area contributed by atoms with Crippen molar-refractivity contribution in [2.45, 2.75) is 56.1 Å². The molecule has 0 aliphatic heterocycles. The van der Waals surface area contributed by atoms with E-state index in [-0.39, 0.29) is 21.8 Å². The van der Waals surface area contributed by atoms with E-state index in [1.54, 1.807) is 28.9 Å². The van der Waals surface area contributed by atoms with Crippen LogP contribution in [-0.4, -0.2) is 50.2 Å². The first-order valence-electron chi connectivity index (χ1n) is 13.2. The number of hydrogen-bond acceptors (Lipinski definition) is 8. The van der Waals surface area contributed by atoms with Crippen molar-refractivity contribution in [1.82, 2.24) is 24.6 Å². The summed E-state index contributed by atoms with van der Waals surface area (Å²) in [6, 6.07) is 13.9. The fourth-order valence-corrected chi connectivity index (χ4v) is 6.77. The van der Waals surface area contributed by atoms with Crippen LogP contribution in [0, 0.1) is 0 Å². The molecule has 2 atom stereocenters. The van der Waals surface area contributed by atoms with Crippen LogP contribution in [0.4, 0.5) is 11.8 Å². The lowest BCUT2D eigenvalue weighted by Gasteiger charge is -2.28. The molecule has 0 amide bonds. The minimum Gasteiger partial charge on any atom is -0.391 e. The molecule has 0 radical (unpaired) electrons. The van der Waals surface area contributed by atoms with Gasteiger partial charge in [0.05, 0.1) is 28.4 Å². The SMILES string of the molecule is CCc1cc(-c2ccc3c(NS(=O)(=O)c4ccccc4Cl)ncnn23)cc2cnc(N[C@H]3CCCC[C@@H]3O)nc12. The molecule has 0 bridgehead atoms. The van der Waals surface area contributed by atoms with Crippen molar-refractivity contribution in [2.75, 3.05) is 10.0 Å². The highest BCUT2D eigenvalue weighted by Crippen LogP contribution is 2.31. The molecule has 0 saturated heterocycles. The van der Waals surface area contributed by atoms with Gasteiger partial charge in [0.1, 0.15) is 16.7 Å². The Morgan fingerprint density at radius 3 is 2.73 bits per heavy atom. The topological polar surface area (TPSA) is 134 Å². The second-order valence-corrected chi connectivity index (χ2v) is 11.9. The third-order valence-electron chi connectivity index (χ3n) is 7.29. The van der Waals surface area contributed by atoms with Gasteiger partial charge in [-0.1, -0.05) is 43.5 Å². The zero-order valence-electron chi connectivity index (χ0n) is 21.7. The Bertz CT molecular complexity index is 1830. The standard InChI is InChI=1S/C28H28ClN7O3S/c1-2-17-13-18(14-19-15-30-28(34-26(17)19)33-21-8-4-5-9-24(21)37)22-11-12-23-27(31-16-32-36(22)23)35-40(38,39)25-10-6-3-7-20(25)29/h3,6-7,10-16,21,24,37H,2,4-5,8-9H2,1H3,(H,30,33,34)(H,31,32,35)/t21-,24-/m0/s1. The largest absolute Gasteiger partial charge is 0.391 e. The maximum atomic E-state index is 13.0. The second kappa shape index (κ2) is 10.6. The van der Waals surface area contributed by atoms with Gasteiger partial charge in [0.2, 0.25) is 5.95 Å². The zero-order valence-corrected chi connectivity index (χ0v) is 23.3. The number of sulfonamides is 1. The van der Waals surface area contributed by atoms with E-state index in [1.165, 1.54) is 18.5 Å². The van der Waals surface area contributed by atoms with E-state index in [2.05, 4.69) is 38.1 Å². The molecular formula is C28H28ClN7O3S. The molecule has 0 unspecified atom stereocenters. The summed E-state index contributed by atoms with van der Waals surface area (Å²) in [6.07, 6.45) is 7.23. The van der Waals surface area contributed by atoms with Gasteiger partial charge in [-0.3, -0.25) is 4.72 Å². The normalized spacial score (nSPS) is 17.8. The van der Waals surface area contributed by atoms with E-state index in [0.29, 0.717) is 11.5 Å². The van der Waals surface area contributed by atoms with Crippen LogP contribution in [-0.2, 0) is 16.4 Å². The first-order valence-corrected chi connectivity index (χ1v) is 15.0. The minimum absolute atomic E-state index is 0.0332. The molecule has 10 nitrogen and oxygen atoms in total. The Kier molecular flexibility index (Phi) is 7.03. The lowest BCUT2D eigenvalue weighted by atomic mass is 9.93. The second-order valence-electron chi connectivity index (χ2n) is 9.88. The van der Waals surface area contributed by atoms with Crippen LogP contribution in [0.25, 0.3) is 27.7 Å². The Balaban J connectivity index is 1.35. The van der Waals surface area contributed by atoms with Crippen LogP contribution >= 0.6 is 11.6 Å². The van der Waals surface area contributed by atoms with Crippen LogP contribution in [0.2, 0.25) is 5.02 Å². The summed E-state index contributed by atoms with van der Waals surface area (Å²) < 4.78 is 30.3. The number of nitrogens with one attached hydrogen (secondary N) is 2. The van der Waals surface area contributed by atoms with Gasteiger partial charge in [-0.05, 0) is 61.2 Å². The van der Waals surface area contributed by atoms with Gasteiger partial charge in [-0.25, -0.2) is 27.9 Å². The summed E-state index contributed by atoms with van der Waals surface area (Å²) in [5, 5.41) is 19.1. The number of rotatable bonds is 7. The molecule has 1 fully saturated rings. The Morgan fingerprint density at radius 1 is 1.10 bits per heavy atom. The van der Waals surface area contributed by atoms with Gasteiger partial charge in [0.25, 0.3) is 10.0 Å². The van der Waals surface area contributed by atoms with E-state index in [4.69, 9.17) is 16.6 Å². The van der Waals surface area contributed by atoms with E-state index in [1.807, 2.05) is 12.1 Å². The van der Waals surface area contributed by atoms with Crippen molar-refractivity contribution in [3.63, 3.8) is 0 Å². The Morgan fingerprint density at radius 2 is 1.93 bits per heavy atom. The average molecular weight is 578 g/mol. The van der Waals surface area contributed by atoms with Gasteiger partial charge >= 0.3 is 0 Å². The van der Waals surface area contributed by atoms with Gasteiger partial charge in [-0.2, -0.15) is 5.10 Å². The number of benzene rings is 2. The maximum Gasteiger partial charge on any atom is 0.264 e. The van der Waals surface area contributed by atoms with E-state index in [0.717, 1.165) is 59.8 Å². The highest BCUT2D eigenvalue weighted by Gasteiger charge is 2.24. The number of hydrogen-bond donors (Lipinski definition) is 3. The number of aromatic nitrogens is 5. The molecule has 6 rings (SSSR count). The molecule has 40 heavy (non-hydrogen) atoms. The summed E-state index contributed by atoms with van der Waals surface area (Å²) in [7, 11) is -3.97. The maximum absolute atomic E-state index is 13.0. The molecule has 206 valence electrons. The Labute approximate surface area is 236 Å². The van der Waals surface area contributed by atoms with Crippen LogP contribution in [0.3, 0.4) is 0 Å². The molecule has 3 N–H and O–H groups in total. The Hall–Kier alpha value is -3.80. The lowest BCUT2D eigenvalue weighted by Crippen LogP contribution is -2.36. The van der Waals surface area contributed by atoms with E-state index in [9.17, 15) is 13.5 Å². The summed E-state index contributed by atoms with van der Waals surface area (Å²) in [5.74, 6) is 0.652. The number of aliphatic hydroxyl groups excluding tert-OH is 1. The molecule has 2 aromatic carbocycles. The van der Waals surface area contributed by atoms with Crippen LogP contribution in [0.5, 0.6) is 0 Å². The fraction of sp³-hybridized carbons (Fsp3) is 0.286. The predicted molar refractivity (Wildman–Crippen MR) is 155 cm³/mol. The summed E-state index contributed by atoms with van der Waals surface area (Å²) in [5.41, 5.74) is 4.02. The molecule has 1 aliphatic rings.